The maximum absolute atomic E-state index is 6.10. The van der Waals surface area contributed by atoms with Crippen LogP contribution < -0.4 is 4.74 Å². The molecular formula is C17H13ClN4OS. The predicted octanol–water partition coefficient (Wildman–Crippen LogP) is 4.39. The largest absolute Gasteiger partial charge is 0.485 e. The summed E-state index contributed by atoms with van der Waals surface area (Å²) in [4.78, 5) is 0.740. The number of nitrogens with zero attached hydrogens (tertiary/aromatic N) is 4. The molecule has 120 valence electrons. The lowest BCUT2D eigenvalue weighted by atomic mass is 10.1. The van der Waals surface area contributed by atoms with Crippen LogP contribution in [0.3, 0.4) is 0 Å². The maximum Gasteiger partial charge on any atom is 0.235 e. The maximum atomic E-state index is 6.10. The Kier molecular flexibility index (Phi) is 3.92. The Balaban J connectivity index is 1.61. The van der Waals surface area contributed by atoms with E-state index in [2.05, 4.69) is 21.4 Å². The first-order valence-corrected chi connectivity index (χ1v) is 8.55. The molecule has 0 unspecified atom stereocenters. The third-order valence-corrected chi connectivity index (χ3v) is 4.68. The van der Waals surface area contributed by atoms with Crippen LogP contribution in [0.15, 0.2) is 48.5 Å². The highest BCUT2D eigenvalue weighted by Crippen LogP contribution is 2.26. The first-order chi connectivity index (χ1) is 11.7. The highest BCUT2D eigenvalue weighted by atomic mass is 35.5. The molecule has 0 amide bonds. The van der Waals surface area contributed by atoms with Crippen molar-refractivity contribution in [1.29, 1.82) is 0 Å². The molecule has 0 spiro atoms. The number of fused-ring (bicyclic) bond motifs is 1. The van der Waals surface area contributed by atoms with Gasteiger partial charge >= 0.3 is 0 Å². The van der Waals surface area contributed by atoms with Crippen molar-refractivity contribution in [3.8, 4) is 17.1 Å². The molecule has 2 heterocycles. The molecule has 0 saturated heterocycles. The molecular weight excluding hydrogens is 344 g/mol. The second-order valence-electron chi connectivity index (χ2n) is 5.30. The van der Waals surface area contributed by atoms with Crippen LogP contribution in [0.1, 0.15) is 10.6 Å². The molecule has 0 aliphatic heterocycles. The zero-order chi connectivity index (χ0) is 16.5. The first-order valence-electron chi connectivity index (χ1n) is 7.36. The number of hydrogen-bond donors (Lipinski definition) is 0. The highest BCUT2D eigenvalue weighted by molar-refractivity contribution is 7.16. The number of para-hydroxylation sites is 1. The Hall–Kier alpha value is -2.44. The van der Waals surface area contributed by atoms with E-state index in [1.165, 1.54) is 16.9 Å². The van der Waals surface area contributed by atoms with E-state index in [4.69, 9.17) is 16.3 Å². The van der Waals surface area contributed by atoms with Crippen molar-refractivity contribution in [3.05, 3.63) is 64.1 Å². The third-order valence-electron chi connectivity index (χ3n) is 3.50. The fourth-order valence-electron chi connectivity index (χ4n) is 2.38. The predicted molar refractivity (Wildman–Crippen MR) is 94.6 cm³/mol. The minimum atomic E-state index is 0.338. The zero-order valence-corrected chi connectivity index (χ0v) is 14.4. The van der Waals surface area contributed by atoms with Crippen LogP contribution in [0.4, 0.5) is 0 Å². The van der Waals surface area contributed by atoms with Gasteiger partial charge in [0, 0.05) is 5.56 Å². The van der Waals surface area contributed by atoms with E-state index in [1.54, 1.807) is 10.6 Å². The average Bonchev–Trinajstić information content (AvgIpc) is 3.14. The summed E-state index contributed by atoms with van der Waals surface area (Å²) in [5, 5.41) is 14.4. The molecule has 0 N–H and O–H groups in total. The first kappa shape index (κ1) is 15.1. The van der Waals surface area contributed by atoms with Crippen molar-refractivity contribution < 1.29 is 4.74 Å². The molecule has 0 fully saturated rings. The van der Waals surface area contributed by atoms with Crippen LogP contribution in [0.5, 0.6) is 5.75 Å². The second kappa shape index (κ2) is 6.22. The van der Waals surface area contributed by atoms with Crippen LogP contribution in [0.2, 0.25) is 5.02 Å². The molecule has 24 heavy (non-hydrogen) atoms. The molecule has 0 radical (unpaired) electrons. The van der Waals surface area contributed by atoms with Crippen LogP contribution in [0.25, 0.3) is 16.3 Å². The minimum absolute atomic E-state index is 0.338. The van der Waals surface area contributed by atoms with Crippen molar-refractivity contribution >= 4 is 27.9 Å². The SMILES string of the molecule is Cc1cccc(-c2nnc3sc(COc4ccccc4Cl)nn23)c1. The van der Waals surface area contributed by atoms with Gasteiger partial charge < -0.3 is 4.74 Å². The van der Waals surface area contributed by atoms with Gasteiger partial charge in [-0.1, -0.05) is 58.8 Å². The van der Waals surface area contributed by atoms with E-state index in [0.29, 0.717) is 17.4 Å². The van der Waals surface area contributed by atoms with Crippen LogP contribution in [0, 0.1) is 6.92 Å². The van der Waals surface area contributed by atoms with E-state index in [9.17, 15) is 0 Å². The summed E-state index contributed by atoms with van der Waals surface area (Å²) in [6, 6.07) is 15.5. The van der Waals surface area contributed by atoms with Gasteiger partial charge in [0.15, 0.2) is 10.8 Å². The fraction of sp³-hybridized carbons (Fsp3) is 0.118. The standard InChI is InChI=1S/C17H13ClN4OS/c1-11-5-4-6-12(9-11)16-19-20-17-22(16)21-15(24-17)10-23-14-8-3-2-7-13(14)18/h2-9H,10H2,1H3. The molecule has 0 aliphatic rings. The van der Waals surface area contributed by atoms with Gasteiger partial charge in [-0.3, -0.25) is 0 Å². The topological polar surface area (TPSA) is 52.3 Å². The molecule has 0 atom stereocenters. The summed E-state index contributed by atoms with van der Waals surface area (Å²) >= 11 is 7.55. The Labute approximate surface area is 147 Å². The van der Waals surface area contributed by atoms with Gasteiger partial charge in [-0.25, -0.2) is 0 Å². The molecule has 0 aliphatic carbocycles. The van der Waals surface area contributed by atoms with Gasteiger partial charge in [0.1, 0.15) is 12.4 Å². The summed E-state index contributed by atoms with van der Waals surface area (Å²) in [5.41, 5.74) is 2.16. The molecule has 4 rings (SSSR count). The highest BCUT2D eigenvalue weighted by Gasteiger charge is 2.14. The number of ether oxygens (including phenoxy) is 1. The smallest absolute Gasteiger partial charge is 0.235 e. The Morgan fingerprint density at radius 3 is 2.83 bits per heavy atom. The van der Waals surface area contributed by atoms with Crippen molar-refractivity contribution in [2.75, 3.05) is 0 Å². The Morgan fingerprint density at radius 2 is 2.00 bits per heavy atom. The Morgan fingerprint density at radius 1 is 1.12 bits per heavy atom. The lowest BCUT2D eigenvalue weighted by molar-refractivity contribution is 0.304. The number of rotatable bonds is 4. The van der Waals surface area contributed by atoms with E-state index in [-0.39, 0.29) is 0 Å². The number of aryl methyl sites for hydroxylation is 1. The van der Waals surface area contributed by atoms with E-state index in [1.807, 2.05) is 43.3 Å². The Bertz CT molecular complexity index is 1010. The summed E-state index contributed by atoms with van der Waals surface area (Å²) in [6.45, 7) is 2.39. The van der Waals surface area contributed by atoms with Gasteiger partial charge in [0.2, 0.25) is 4.96 Å². The molecule has 0 bridgehead atoms. The number of aromatic nitrogens is 4. The third kappa shape index (κ3) is 2.86. The minimum Gasteiger partial charge on any atom is -0.485 e. The van der Waals surface area contributed by atoms with Gasteiger partial charge in [0.25, 0.3) is 0 Å². The van der Waals surface area contributed by atoms with Crippen LogP contribution in [-0.4, -0.2) is 19.8 Å². The normalized spacial score (nSPS) is 11.1. The number of hydrogen-bond acceptors (Lipinski definition) is 5. The van der Waals surface area contributed by atoms with Crippen LogP contribution in [-0.2, 0) is 6.61 Å². The molecule has 7 heteroatoms. The van der Waals surface area contributed by atoms with Gasteiger partial charge in [-0.05, 0) is 25.1 Å². The molecule has 0 saturated carbocycles. The lowest BCUT2D eigenvalue weighted by Gasteiger charge is -2.04. The summed E-state index contributed by atoms with van der Waals surface area (Å²) in [6.07, 6.45) is 0. The molecule has 4 aromatic rings. The summed E-state index contributed by atoms with van der Waals surface area (Å²) in [5.74, 6) is 1.37. The monoisotopic (exact) mass is 356 g/mol. The van der Waals surface area contributed by atoms with Gasteiger partial charge in [0.05, 0.1) is 5.02 Å². The second-order valence-corrected chi connectivity index (χ2v) is 6.75. The average molecular weight is 357 g/mol. The van der Waals surface area contributed by atoms with E-state index in [0.717, 1.165) is 21.4 Å². The molecule has 2 aromatic heterocycles. The molecule has 2 aromatic carbocycles. The van der Waals surface area contributed by atoms with E-state index < -0.39 is 0 Å². The quantitative estimate of drug-likeness (QED) is 0.544. The zero-order valence-electron chi connectivity index (χ0n) is 12.8. The number of halogens is 1. The lowest BCUT2D eigenvalue weighted by Crippen LogP contribution is -1.98. The van der Waals surface area contributed by atoms with Crippen molar-refractivity contribution in [1.82, 2.24) is 19.8 Å². The van der Waals surface area contributed by atoms with Crippen molar-refractivity contribution in [2.24, 2.45) is 0 Å². The summed E-state index contributed by atoms with van der Waals surface area (Å²) < 4.78 is 7.50. The fourth-order valence-corrected chi connectivity index (χ4v) is 3.32. The van der Waals surface area contributed by atoms with Crippen LogP contribution >= 0.6 is 22.9 Å². The van der Waals surface area contributed by atoms with Crippen molar-refractivity contribution in [3.63, 3.8) is 0 Å². The summed E-state index contributed by atoms with van der Waals surface area (Å²) in [7, 11) is 0. The van der Waals surface area contributed by atoms with Gasteiger partial charge in [-0.15, -0.1) is 10.2 Å². The molecule has 5 nitrogen and oxygen atoms in total. The van der Waals surface area contributed by atoms with Gasteiger partial charge in [-0.2, -0.15) is 9.61 Å². The number of benzene rings is 2. The van der Waals surface area contributed by atoms with Crippen molar-refractivity contribution in [2.45, 2.75) is 13.5 Å². The van der Waals surface area contributed by atoms with E-state index >= 15 is 0 Å².